The second-order valence-corrected chi connectivity index (χ2v) is 7.06. The van der Waals surface area contributed by atoms with Crippen LogP contribution in [0.3, 0.4) is 0 Å². The number of carbonyl (C=O) groups excluding carboxylic acids is 1. The minimum Gasteiger partial charge on any atom is -0.481 e. The van der Waals surface area contributed by atoms with Crippen LogP contribution in [0.1, 0.15) is 12.0 Å². The third kappa shape index (κ3) is 2.62. The largest absolute Gasteiger partial charge is 0.481 e. The minimum atomic E-state index is -4.50. The minimum absolute atomic E-state index is 0.0294. The van der Waals surface area contributed by atoms with E-state index in [4.69, 9.17) is 0 Å². The van der Waals surface area contributed by atoms with Crippen molar-refractivity contribution in [2.75, 3.05) is 5.32 Å². The van der Waals surface area contributed by atoms with Crippen LogP contribution in [0.5, 0.6) is 0 Å². The molecule has 0 aliphatic heterocycles. The van der Waals surface area contributed by atoms with Crippen molar-refractivity contribution < 1.29 is 27.9 Å². The summed E-state index contributed by atoms with van der Waals surface area (Å²) in [6, 6.07) is 4.39. The zero-order valence-electron chi connectivity index (χ0n) is 13.0. The van der Waals surface area contributed by atoms with Crippen molar-refractivity contribution in [2.24, 2.45) is 35.5 Å². The summed E-state index contributed by atoms with van der Waals surface area (Å²) in [5.41, 5.74) is -0.825. The van der Waals surface area contributed by atoms with Crippen molar-refractivity contribution in [3.05, 3.63) is 42.0 Å². The molecular formula is C18H16F3NO3. The molecule has 1 aromatic rings. The highest BCUT2D eigenvalue weighted by molar-refractivity contribution is 5.96. The van der Waals surface area contributed by atoms with E-state index in [2.05, 4.69) is 5.32 Å². The summed E-state index contributed by atoms with van der Waals surface area (Å²) in [6.45, 7) is 0. The van der Waals surface area contributed by atoms with Crippen LogP contribution in [0.25, 0.3) is 0 Å². The molecule has 7 heteroatoms. The number of hydrogen-bond acceptors (Lipinski definition) is 2. The average molecular weight is 351 g/mol. The summed E-state index contributed by atoms with van der Waals surface area (Å²) >= 11 is 0. The van der Waals surface area contributed by atoms with Gasteiger partial charge in [-0.05, 0) is 48.3 Å². The molecule has 4 aliphatic carbocycles. The maximum atomic E-state index is 12.8. The smallest absolute Gasteiger partial charge is 0.416 e. The average Bonchev–Trinajstić information content (AvgIpc) is 3.35. The van der Waals surface area contributed by atoms with Crippen molar-refractivity contribution in [2.45, 2.75) is 12.6 Å². The number of alkyl halides is 3. The van der Waals surface area contributed by atoms with Gasteiger partial charge >= 0.3 is 12.1 Å². The molecule has 2 fully saturated rings. The molecule has 0 radical (unpaired) electrons. The van der Waals surface area contributed by atoms with Gasteiger partial charge in [-0.3, -0.25) is 9.59 Å². The lowest BCUT2D eigenvalue weighted by molar-refractivity contribution is -0.152. The molecule has 2 bridgehead atoms. The lowest BCUT2D eigenvalue weighted by Crippen LogP contribution is -2.48. The number of carboxylic acids is 1. The molecule has 0 aromatic heterocycles. The summed E-state index contributed by atoms with van der Waals surface area (Å²) < 4.78 is 38.4. The van der Waals surface area contributed by atoms with Gasteiger partial charge in [-0.2, -0.15) is 13.2 Å². The van der Waals surface area contributed by atoms with E-state index in [0.29, 0.717) is 11.8 Å². The maximum absolute atomic E-state index is 12.8. The van der Waals surface area contributed by atoms with Crippen molar-refractivity contribution >= 4 is 17.6 Å². The lowest BCUT2D eigenvalue weighted by atomic mass is 9.62. The SMILES string of the molecule is O=C(O)[C@H]1[C@@H]2C=C[C@@H]([C@H]3C[C@H]23)[C@@H]1C(=O)Nc1cccc(C(F)(F)F)c1. The first-order chi connectivity index (χ1) is 11.8. The first-order valence-corrected chi connectivity index (χ1v) is 8.16. The van der Waals surface area contributed by atoms with E-state index in [-0.39, 0.29) is 17.5 Å². The predicted molar refractivity (Wildman–Crippen MR) is 82.4 cm³/mol. The Morgan fingerprint density at radius 1 is 1.08 bits per heavy atom. The molecule has 0 spiro atoms. The summed E-state index contributed by atoms with van der Waals surface area (Å²) in [6.07, 6.45) is 0.220. The number of fused-ring (bicyclic) bond motifs is 1. The molecule has 0 heterocycles. The Hall–Kier alpha value is -2.31. The Morgan fingerprint density at radius 2 is 1.72 bits per heavy atom. The van der Waals surface area contributed by atoms with Crippen molar-refractivity contribution in [3.63, 3.8) is 0 Å². The number of halogens is 3. The summed E-state index contributed by atoms with van der Waals surface area (Å²) in [7, 11) is 0. The highest BCUT2D eigenvalue weighted by Crippen LogP contribution is 2.63. The molecule has 2 N–H and O–H groups in total. The number of amides is 1. The second-order valence-electron chi connectivity index (χ2n) is 7.06. The number of aliphatic carboxylic acids is 1. The lowest BCUT2D eigenvalue weighted by Gasteiger charge is -2.41. The van der Waals surface area contributed by atoms with Crippen LogP contribution in [0.4, 0.5) is 18.9 Å². The van der Waals surface area contributed by atoms with Gasteiger partial charge in [0, 0.05) is 5.69 Å². The number of nitrogens with one attached hydrogen (secondary N) is 1. The van der Waals surface area contributed by atoms with E-state index in [1.165, 1.54) is 12.1 Å². The number of rotatable bonds is 3. The molecule has 4 aliphatic rings. The summed E-state index contributed by atoms with van der Waals surface area (Å²) in [4.78, 5) is 24.4. The van der Waals surface area contributed by atoms with Gasteiger partial charge in [0.1, 0.15) is 0 Å². The highest BCUT2D eigenvalue weighted by atomic mass is 19.4. The Labute approximate surface area is 141 Å². The fraction of sp³-hybridized carbons (Fsp3) is 0.444. The molecule has 4 nitrogen and oxygen atoms in total. The molecule has 1 amide bonds. The number of carboxylic acid groups (broad SMARTS) is 1. The quantitative estimate of drug-likeness (QED) is 0.820. The second kappa shape index (κ2) is 5.34. The monoisotopic (exact) mass is 351 g/mol. The summed E-state index contributed by atoms with van der Waals surface area (Å²) in [5, 5.41) is 12.1. The van der Waals surface area contributed by atoms with Crippen LogP contribution in [0, 0.1) is 35.5 Å². The fourth-order valence-electron chi connectivity index (χ4n) is 4.57. The van der Waals surface area contributed by atoms with Crippen LogP contribution in [0.15, 0.2) is 36.4 Å². The normalized spacial score (nSPS) is 35.2. The molecule has 132 valence electrons. The van der Waals surface area contributed by atoms with E-state index < -0.39 is 35.5 Å². The molecule has 5 rings (SSSR count). The number of benzene rings is 1. The van der Waals surface area contributed by atoms with Crippen LogP contribution in [0.2, 0.25) is 0 Å². The van der Waals surface area contributed by atoms with Gasteiger partial charge in [0.25, 0.3) is 0 Å². The number of anilines is 1. The van der Waals surface area contributed by atoms with Gasteiger partial charge in [-0.1, -0.05) is 18.2 Å². The molecule has 6 atom stereocenters. The third-order valence-corrected chi connectivity index (χ3v) is 5.70. The molecule has 0 saturated heterocycles. The third-order valence-electron chi connectivity index (χ3n) is 5.70. The Balaban J connectivity index is 1.59. The first kappa shape index (κ1) is 16.2. The zero-order valence-corrected chi connectivity index (χ0v) is 13.0. The van der Waals surface area contributed by atoms with Crippen LogP contribution >= 0.6 is 0 Å². The van der Waals surface area contributed by atoms with Crippen molar-refractivity contribution in [3.8, 4) is 0 Å². The van der Waals surface area contributed by atoms with Gasteiger partial charge in [0.15, 0.2) is 0 Å². The van der Waals surface area contributed by atoms with Crippen LogP contribution in [-0.4, -0.2) is 17.0 Å². The van der Waals surface area contributed by atoms with Crippen molar-refractivity contribution in [1.29, 1.82) is 0 Å². The van der Waals surface area contributed by atoms with Gasteiger partial charge < -0.3 is 10.4 Å². The van der Waals surface area contributed by atoms with Gasteiger partial charge in [-0.25, -0.2) is 0 Å². The van der Waals surface area contributed by atoms with E-state index >= 15 is 0 Å². The van der Waals surface area contributed by atoms with E-state index in [0.717, 1.165) is 18.6 Å². The van der Waals surface area contributed by atoms with Crippen LogP contribution < -0.4 is 5.32 Å². The Morgan fingerprint density at radius 3 is 2.32 bits per heavy atom. The molecular weight excluding hydrogens is 335 g/mol. The molecule has 1 aromatic carbocycles. The Kier molecular flexibility index (Phi) is 3.46. The van der Waals surface area contributed by atoms with E-state index in [1.807, 2.05) is 12.2 Å². The molecule has 2 saturated carbocycles. The predicted octanol–water partition coefficient (Wildman–Crippen LogP) is 3.41. The molecule has 0 unspecified atom stereocenters. The first-order valence-electron chi connectivity index (χ1n) is 8.16. The van der Waals surface area contributed by atoms with E-state index in [1.54, 1.807) is 0 Å². The number of hydrogen-bond donors (Lipinski definition) is 2. The maximum Gasteiger partial charge on any atom is 0.416 e. The Bertz CT molecular complexity index is 773. The number of carbonyl (C=O) groups is 2. The molecule has 25 heavy (non-hydrogen) atoms. The highest BCUT2D eigenvalue weighted by Gasteiger charge is 2.62. The zero-order chi connectivity index (χ0) is 17.9. The fourth-order valence-corrected chi connectivity index (χ4v) is 4.57. The standard InChI is InChI=1S/C18H16F3NO3/c19-18(20,21)8-2-1-3-9(6-8)22-16(23)14-10-4-5-11(13-7-12(10)13)15(14)17(24)25/h1-6,10-15H,7H2,(H,22,23)(H,24,25)/t10-,11+,12+,13+,14-,15-/m0/s1. The van der Waals surface area contributed by atoms with Crippen LogP contribution in [-0.2, 0) is 15.8 Å². The van der Waals surface area contributed by atoms with Gasteiger partial charge in [0.2, 0.25) is 5.91 Å². The van der Waals surface area contributed by atoms with Gasteiger partial charge in [-0.15, -0.1) is 0 Å². The number of allylic oxidation sites excluding steroid dienone is 2. The van der Waals surface area contributed by atoms with E-state index in [9.17, 15) is 27.9 Å². The van der Waals surface area contributed by atoms with Gasteiger partial charge in [0.05, 0.1) is 17.4 Å². The van der Waals surface area contributed by atoms with Crippen molar-refractivity contribution in [1.82, 2.24) is 0 Å². The topological polar surface area (TPSA) is 66.4 Å². The summed E-state index contributed by atoms with van der Waals surface area (Å²) in [5.74, 6) is -2.76.